The van der Waals surface area contributed by atoms with Gasteiger partial charge in [0.25, 0.3) is 0 Å². The molecular weight excluding hydrogens is 236 g/mol. The Morgan fingerprint density at radius 1 is 1.53 bits per heavy atom. The van der Waals surface area contributed by atoms with Crippen LogP contribution in [-0.2, 0) is 6.54 Å². The molecule has 0 amide bonds. The number of hydrogen-bond acceptors (Lipinski definition) is 4. The topological polar surface area (TPSA) is 55.2 Å². The molecule has 0 radical (unpaired) electrons. The van der Waals surface area contributed by atoms with Crippen molar-refractivity contribution in [3.63, 3.8) is 0 Å². The molecule has 0 aromatic carbocycles. The van der Waals surface area contributed by atoms with Crippen molar-refractivity contribution in [1.29, 1.82) is 0 Å². The summed E-state index contributed by atoms with van der Waals surface area (Å²) in [6.07, 6.45) is 7.20. The van der Waals surface area contributed by atoms with Crippen LogP contribution in [0.1, 0.15) is 31.2 Å². The minimum Gasteiger partial charge on any atom is -0.312 e. The molecule has 0 spiro atoms. The molecule has 1 aromatic rings. The third-order valence-corrected chi connectivity index (χ3v) is 3.84. The average Bonchev–Trinajstić information content (AvgIpc) is 2.96. The van der Waals surface area contributed by atoms with Gasteiger partial charge in [-0.05, 0) is 37.8 Å². The number of nitrogens with zero attached hydrogens (tertiary/aromatic N) is 1. The molecule has 2 rings (SSSR count). The first-order valence-electron chi connectivity index (χ1n) is 5.86. The summed E-state index contributed by atoms with van der Waals surface area (Å²) in [4.78, 5) is 10.2. The van der Waals surface area contributed by atoms with Crippen molar-refractivity contribution in [3.05, 3.63) is 38.8 Å². The van der Waals surface area contributed by atoms with Crippen LogP contribution in [0.2, 0.25) is 0 Å². The third-order valence-electron chi connectivity index (χ3n) is 2.91. The largest absolute Gasteiger partial charge is 0.324 e. The Balaban J connectivity index is 1.68. The Hall–Kier alpha value is -1.20. The van der Waals surface area contributed by atoms with Gasteiger partial charge in [0.05, 0.1) is 4.92 Å². The number of thiophene rings is 1. The van der Waals surface area contributed by atoms with Crippen molar-refractivity contribution >= 4 is 16.3 Å². The number of rotatable bonds is 6. The molecule has 0 atom stereocenters. The zero-order chi connectivity index (χ0) is 12.1. The summed E-state index contributed by atoms with van der Waals surface area (Å²) in [6, 6.07) is 1.65. The summed E-state index contributed by atoms with van der Waals surface area (Å²) in [6.45, 7) is 1.67. The van der Waals surface area contributed by atoms with Crippen LogP contribution in [0, 0.1) is 10.1 Å². The van der Waals surface area contributed by atoms with Crippen molar-refractivity contribution in [2.75, 3.05) is 6.54 Å². The molecule has 0 fully saturated rings. The Labute approximate surface area is 104 Å². The first kappa shape index (κ1) is 12.3. The molecule has 0 saturated carbocycles. The fourth-order valence-electron chi connectivity index (χ4n) is 2.00. The van der Waals surface area contributed by atoms with E-state index in [9.17, 15) is 10.1 Å². The van der Waals surface area contributed by atoms with E-state index in [4.69, 9.17) is 0 Å². The lowest BCUT2D eigenvalue weighted by molar-refractivity contribution is -0.380. The van der Waals surface area contributed by atoms with E-state index in [1.165, 1.54) is 30.6 Å². The fraction of sp³-hybridized carbons (Fsp3) is 0.500. The zero-order valence-corrected chi connectivity index (χ0v) is 10.5. The summed E-state index contributed by atoms with van der Waals surface area (Å²) < 4.78 is 0. The first-order valence-corrected chi connectivity index (χ1v) is 6.74. The van der Waals surface area contributed by atoms with E-state index in [1.807, 2.05) is 5.38 Å². The maximum absolute atomic E-state index is 10.5. The lowest BCUT2D eigenvalue weighted by Crippen LogP contribution is -2.14. The fourth-order valence-corrected chi connectivity index (χ4v) is 2.73. The van der Waals surface area contributed by atoms with Gasteiger partial charge >= 0.3 is 5.00 Å². The van der Waals surface area contributed by atoms with Crippen molar-refractivity contribution in [2.45, 2.75) is 32.2 Å². The van der Waals surface area contributed by atoms with Crippen molar-refractivity contribution < 1.29 is 4.92 Å². The molecule has 1 aromatic heterocycles. The normalized spacial score (nSPS) is 14.9. The molecule has 1 aliphatic rings. The second-order valence-electron chi connectivity index (χ2n) is 4.23. The number of hydrogen-bond donors (Lipinski definition) is 1. The summed E-state index contributed by atoms with van der Waals surface area (Å²) in [5.41, 5.74) is 2.55. The average molecular weight is 252 g/mol. The molecule has 1 heterocycles. The van der Waals surface area contributed by atoms with E-state index in [1.54, 1.807) is 11.6 Å². The van der Waals surface area contributed by atoms with Crippen molar-refractivity contribution in [3.8, 4) is 0 Å². The van der Waals surface area contributed by atoms with Crippen molar-refractivity contribution in [1.82, 2.24) is 5.32 Å². The summed E-state index contributed by atoms with van der Waals surface area (Å²) >= 11 is 1.19. The molecule has 1 aliphatic carbocycles. The SMILES string of the molecule is O=[N+]([O-])c1cc(CNCCC2=CCCC2)cs1. The van der Waals surface area contributed by atoms with Crippen LogP contribution in [0.25, 0.3) is 0 Å². The lowest BCUT2D eigenvalue weighted by Gasteiger charge is -2.03. The lowest BCUT2D eigenvalue weighted by atomic mass is 10.2. The molecule has 0 aliphatic heterocycles. The minimum absolute atomic E-state index is 0.223. The van der Waals surface area contributed by atoms with Crippen LogP contribution in [0.5, 0.6) is 0 Å². The highest BCUT2D eigenvalue weighted by Crippen LogP contribution is 2.22. The van der Waals surface area contributed by atoms with Crippen molar-refractivity contribution in [2.24, 2.45) is 0 Å². The predicted octanol–water partition coefficient (Wildman–Crippen LogP) is 3.25. The smallest absolute Gasteiger partial charge is 0.312 e. The van der Waals surface area contributed by atoms with Gasteiger partial charge in [0.1, 0.15) is 0 Å². The zero-order valence-electron chi connectivity index (χ0n) is 9.65. The maximum Gasteiger partial charge on any atom is 0.324 e. The van der Waals surface area contributed by atoms with E-state index in [-0.39, 0.29) is 9.92 Å². The minimum atomic E-state index is -0.336. The molecule has 4 nitrogen and oxygen atoms in total. The van der Waals surface area contributed by atoms with Gasteiger partial charge in [0, 0.05) is 18.0 Å². The maximum atomic E-state index is 10.5. The number of allylic oxidation sites excluding steroid dienone is 1. The van der Waals surface area contributed by atoms with Crippen LogP contribution in [0.15, 0.2) is 23.1 Å². The highest BCUT2D eigenvalue weighted by molar-refractivity contribution is 7.13. The van der Waals surface area contributed by atoms with E-state index < -0.39 is 0 Å². The van der Waals surface area contributed by atoms with Gasteiger partial charge in [-0.2, -0.15) is 0 Å². The third kappa shape index (κ3) is 3.64. The van der Waals surface area contributed by atoms with Gasteiger partial charge in [-0.15, -0.1) is 0 Å². The van der Waals surface area contributed by atoms with Crippen LogP contribution in [-0.4, -0.2) is 11.5 Å². The van der Waals surface area contributed by atoms with Gasteiger partial charge in [-0.1, -0.05) is 23.0 Å². The van der Waals surface area contributed by atoms with Gasteiger partial charge in [0.2, 0.25) is 0 Å². The van der Waals surface area contributed by atoms with Crippen LogP contribution < -0.4 is 5.32 Å². The predicted molar refractivity (Wildman–Crippen MR) is 69.2 cm³/mol. The molecule has 0 bridgehead atoms. The van der Waals surface area contributed by atoms with Crippen LogP contribution >= 0.6 is 11.3 Å². The Bertz CT molecular complexity index is 426. The Morgan fingerprint density at radius 2 is 2.41 bits per heavy atom. The second-order valence-corrected chi connectivity index (χ2v) is 5.12. The van der Waals surface area contributed by atoms with Crippen LogP contribution in [0.4, 0.5) is 5.00 Å². The quantitative estimate of drug-likeness (QED) is 0.366. The number of nitro groups is 1. The molecular formula is C12H16N2O2S. The Morgan fingerprint density at radius 3 is 3.06 bits per heavy atom. The summed E-state index contributed by atoms with van der Waals surface area (Å²) in [5, 5.41) is 15.9. The molecule has 17 heavy (non-hydrogen) atoms. The highest BCUT2D eigenvalue weighted by Gasteiger charge is 2.09. The monoisotopic (exact) mass is 252 g/mol. The standard InChI is InChI=1S/C12H16N2O2S/c15-14(16)12-7-11(9-17-12)8-13-6-5-10-3-1-2-4-10/h3,7,9,13H,1-2,4-6,8H2. The number of nitrogens with one attached hydrogen (secondary N) is 1. The Kier molecular flexibility index (Phi) is 4.28. The highest BCUT2D eigenvalue weighted by atomic mass is 32.1. The van der Waals surface area contributed by atoms with Gasteiger partial charge in [-0.25, -0.2) is 0 Å². The van der Waals surface area contributed by atoms with Gasteiger partial charge in [0.15, 0.2) is 0 Å². The van der Waals surface area contributed by atoms with Crippen LogP contribution in [0.3, 0.4) is 0 Å². The van der Waals surface area contributed by atoms with Gasteiger partial charge in [-0.3, -0.25) is 10.1 Å². The first-order chi connectivity index (χ1) is 8.25. The second kappa shape index (κ2) is 5.93. The van der Waals surface area contributed by atoms with Gasteiger partial charge < -0.3 is 5.32 Å². The molecule has 92 valence electrons. The van der Waals surface area contributed by atoms with E-state index in [2.05, 4.69) is 11.4 Å². The summed E-state index contributed by atoms with van der Waals surface area (Å²) in [5.74, 6) is 0. The summed E-state index contributed by atoms with van der Waals surface area (Å²) in [7, 11) is 0. The molecule has 5 heteroatoms. The van der Waals surface area contributed by atoms with E-state index in [0.717, 1.165) is 25.1 Å². The molecule has 0 unspecified atom stereocenters. The van der Waals surface area contributed by atoms with E-state index in [0.29, 0.717) is 0 Å². The molecule has 1 N–H and O–H groups in total. The molecule has 0 saturated heterocycles. The van der Waals surface area contributed by atoms with E-state index >= 15 is 0 Å².